The number of aromatic nitrogens is 4. The Bertz CT molecular complexity index is 2510. The lowest BCUT2D eigenvalue weighted by molar-refractivity contribution is -0.136. The Kier molecular flexibility index (Phi) is 10.7. The van der Waals surface area contributed by atoms with E-state index in [4.69, 9.17) is 16.6 Å². The highest BCUT2D eigenvalue weighted by Gasteiger charge is 2.34. The van der Waals surface area contributed by atoms with Crippen molar-refractivity contribution in [1.29, 1.82) is 0 Å². The first kappa shape index (κ1) is 38.1. The zero-order chi connectivity index (χ0) is 39.8. The molecule has 288 valence electrons. The van der Waals surface area contributed by atoms with Crippen molar-refractivity contribution < 1.29 is 19.2 Å². The van der Waals surface area contributed by atoms with Crippen LogP contribution >= 0.6 is 22.9 Å². The molecule has 3 aromatic heterocycles. The summed E-state index contributed by atoms with van der Waals surface area (Å²) in [6, 6.07) is 16.3. The topological polar surface area (TPSA) is 143 Å². The van der Waals surface area contributed by atoms with Crippen LogP contribution in [-0.2, 0) is 29.1 Å². The van der Waals surface area contributed by atoms with Crippen LogP contribution in [0.2, 0.25) is 5.02 Å². The van der Waals surface area contributed by atoms with Crippen LogP contribution in [-0.4, -0.2) is 85.4 Å². The molecule has 1 unspecified atom stereocenters. The van der Waals surface area contributed by atoms with Gasteiger partial charge in [-0.05, 0) is 91.8 Å². The molecule has 1 atom stereocenters. The van der Waals surface area contributed by atoms with Crippen LogP contribution in [0.5, 0.6) is 0 Å². The number of nitrogens with zero attached hydrogens (tertiary/aromatic N) is 7. The van der Waals surface area contributed by atoms with Crippen molar-refractivity contribution in [3.8, 4) is 16.8 Å². The highest BCUT2D eigenvalue weighted by molar-refractivity contribution is 7.15. The van der Waals surface area contributed by atoms with E-state index in [-0.39, 0.29) is 24.3 Å². The van der Waals surface area contributed by atoms with E-state index in [1.807, 2.05) is 49.5 Å². The van der Waals surface area contributed by atoms with Crippen molar-refractivity contribution in [3.63, 3.8) is 0 Å². The van der Waals surface area contributed by atoms with Gasteiger partial charge in [-0.3, -0.25) is 39.0 Å². The molecule has 2 saturated heterocycles. The standard InChI is InChI=1S/C43H39ClN8O4S/c1-25-36(57-43-39(25)40(30-10-12-31(44)13-11-30)46-20-37-49-48-26(2)52(37)43)17-15-32-14-8-27(19-45-32)21-51-22-28(23-51)7-9-29-5-4-6-33(34(29)24-53)42(56)50(3)35-16-18-38(54)47-41(35)55/h4-6,8,10-14,19,24,28,35H,7,9,16,18,20-23H2,1-3H3,(H,47,54,55). The number of carbonyl (C=O) groups is 4. The number of likely N-dealkylation sites (tertiary alicyclic amines) is 1. The molecule has 12 nitrogen and oxygen atoms in total. The van der Waals surface area contributed by atoms with Crippen LogP contribution in [0.1, 0.15) is 90.0 Å². The van der Waals surface area contributed by atoms with Crippen molar-refractivity contribution in [2.24, 2.45) is 10.9 Å². The molecule has 3 aliphatic heterocycles. The van der Waals surface area contributed by atoms with Gasteiger partial charge in [0.2, 0.25) is 11.8 Å². The summed E-state index contributed by atoms with van der Waals surface area (Å²) in [5.41, 5.74) is 7.15. The van der Waals surface area contributed by atoms with Gasteiger partial charge in [0.15, 0.2) is 12.1 Å². The summed E-state index contributed by atoms with van der Waals surface area (Å²) in [4.78, 5) is 63.8. The number of carbonyl (C=O) groups excluding carboxylic acids is 4. The summed E-state index contributed by atoms with van der Waals surface area (Å²) in [5.74, 6) is 7.45. The van der Waals surface area contributed by atoms with E-state index in [0.717, 1.165) is 87.4 Å². The number of thiophene rings is 1. The van der Waals surface area contributed by atoms with Crippen LogP contribution in [0.3, 0.4) is 0 Å². The molecule has 3 aliphatic rings. The molecule has 0 bridgehead atoms. The van der Waals surface area contributed by atoms with Crippen molar-refractivity contribution in [1.82, 2.24) is 34.9 Å². The van der Waals surface area contributed by atoms with Crippen LogP contribution < -0.4 is 5.32 Å². The van der Waals surface area contributed by atoms with Crippen molar-refractivity contribution in [2.75, 3.05) is 20.1 Å². The highest BCUT2D eigenvalue weighted by atomic mass is 35.5. The van der Waals surface area contributed by atoms with Crippen molar-refractivity contribution in [3.05, 3.63) is 127 Å². The molecule has 0 spiro atoms. The maximum Gasteiger partial charge on any atom is 0.255 e. The van der Waals surface area contributed by atoms with E-state index in [0.29, 0.717) is 35.2 Å². The molecule has 8 rings (SSSR count). The number of nitrogens with one attached hydrogen (secondary N) is 1. The Hall–Kier alpha value is -5.81. The first-order valence-corrected chi connectivity index (χ1v) is 20.0. The van der Waals surface area contributed by atoms with Crippen LogP contribution in [0, 0.1) is 31.6 Å². The van der Waals surface area contributed by atoms with Gasteiger partial charge >= 0.3 is 0 Å². The number of aryl methyl sites for hydroxylation is 2. The smallest absolute Gasteiger partial charge is 0.255 e. The van der Waals surface area contributed by atoms with Gasteiger partial charge in [0.25, 0.3) is 5.91 Å². The second kappa shape index (κ2) is 16.0. The number of fused-ring (bicyclic) bond motifs is 3. The Morgan fingerprint density at radius 2 is 1.88 bits per heavy atom. The van der Waals surface area contributed by atoms with E-state index >= 15 is 0 Å². The number of imide groups is 1. The molecule has 5 aromatic rings. The maximum atomic E-state index is 13.4. The van der Waals surface area contributed by atoms with Crippen LogP contribution in [0.4, 0.5) is 0 Å². The van der Waals surface area contributed by atoms with E-state index in [1.165, 1.54) is 11.9 Å². The van der Waals surface area contributed by atoms with E-state index in [2.05, 4.69) is 54.8 Å². The average Bonchev–Trinajstić information content (AvgIpc) is 3.66. The van der Waals surface area contributed by atoms with Gasteiger partial charge in [-0.2, -0.15) is 0 Å². The van der Waals surface area contributed by atoms with Crippen molar-refractivity contribution in [2.45, 2.75) is 58.7 Å². The second-order valence-corrected chi connectivity index (χ2v) is 16.1. The summed E-state index contributed by atoms with van der Waals surface area (Å²) < 4.78 is 2.08. The van der Waals surface area contributed by atoms with Gasteiger partial charge in [-0.1, -0.05) is 41.9 Å². The minimum Gasteiger partial charge on any atom is -0.330 e. The number of pyridine rings is 1. The minimum atomic E-state index is -0.758. The fraction of sp³-hybridized carbons (Fsp3) is 0.302. The molecule has 0 aliphatic carbocycles. The largest absolute Gasteiger partial charge is 0.330 e. The first-order chi connectivity index (χ1) is 27.6. The molecule has 2 aromatic carbocycles. The summed E-state index contributed by atoms with van der Waals surface area (Å²) in [7, 11) is 1.53. The molecule has 57 heavy (non-hydrogen) atoms. The third-order valence-corrected chi connectivity index (χ3v) is 12.3. The number of halogens is 1. The minimum absolute atomic E-state index is 0.165. The molecule has 14 heteroatoms. The number of aliphatic imine (C=N–C) groups is 1. The third kappa shape index (κ3) is 7.68. The van der Waals surface area contributed by atoms with E-state index in [1.54, 1.807) is 23.5 Å². The Morgan fingerprint density at radius 1 is 1.07 bits per heavy atom. The van der Waals surface area contributed by atoms with Gasteiger partial charge in [-0.25, -0.2) is 4.98 Å². The quantitative estimate of drug-likeness (QED) is 0.117. The SMILES string of the molecule is Cc1c(C#Cc2ccc(CN3CC(CCc4cccc(C(=O)N(C)C5CCC(=O)NC5=O)c4C=O)C3)cn2)sc2c1C(c1ccc(Cl)cc1)=NCc1nnc(C)n1-2. The predicted molar refractivity (Wildman–Crippen MR) is 217 cm³/mol. The summed E-state index contributed by atoms with van der Waals surface area (Å²) in [5, 5.41) is 12.7. The first-order valence-electron chi connectivity index (χ1n) is 18.8. The molecule has 0 saturated carbocycles. The number of piperidine rings is 1. The molecule has 3 amide bonds. The number of hydrogen-bond donors (Lipinski definition) is 1. The number of likely N-dealkylation sites (N-methyl/N-ethyl adjacent to an activating group) is 1. The lowest BCUT2D eigenvalue weighted by Gasteiger charge is -2.39. The van der Waals surface area contributed by atoms with E-state index in [9.17, 15) is 19.2 Å². The number of benzene rings is 2. The molecular formula is C43H39ClN8O4S. The maximum absolute atomic E-state index is 13.4. The molecule has 0 radical (unpaired) electrons. The summed E-state index contributed by atoms with van der Waals surface area (Å²) >= 11 is 7.81. The normalized spacial score (nSPS) is 16.6. The lowest BCUT2D eigenvalue weighted by atomic mass is 9.89. The fourth-order valence-corrected chi connectivity index (χ4v) is 9.11. The average molecular weight is 799 g/mol. The fourth-order valence-electron chi connectivity index (χ4n) is 7.76. The predicted octanol–water partition coefficient (Wildman–Crippen LogP) is 5.50. The zero-order valence-electron chi connectivity index (χ0n) is 31.7. The Morgan fingerprint density at radius 3 is 2.61 bits per heavy atom. The summed E-state index contributed by atoms with van der Waals surface area (Å²) in [6.07, 6.45) is 4.57. The third-order valence-electron chi connectivity index (χ3n) is 10.9. The van der Waals surface area contributed by atoms with E-state index < -0.39 is 17.9 Å². The molecule has 6 heterocycles. The van der Waals surface area contributed by atoms with Crippen LogP contribution in [0.15, 0.2) is 65.8 Å². The summed E-state index contributed by atoms with van der Waals surface area (Å²) in [6.45, 7) is 7.07. The van der Waals surface area contributed by atoms with Crippen LogP contribution in [0.25, 0.3) is 5.00 Å². The van der Waals surface area contributed by atoms with Gasteiger partial charge < -0.3 is 4.90 Å². The molecule has 1 N–H and O–H groups in total. The highest BCUT2D eigenvalue weighted by Crippen LogP contribution is 2.36. The zero-order valence-corrected chi connectivity index (χ0v) is 33.3. The van der Waals surface area contributed by atoms with Crippen molar-refractivity contribution >= 4 is 52.7 Å². The molecule has 2 fully saturated rings. The lowest BCUT2D eigenvalue weighted by Crippen LogP contribution is -2.53. The number of aldehydes is 1. The van der Waals surface area contributed by atoms with Gasteiger partial charge in [0.05, 0.1) is 16.2 Å². The van der Waals surface area contributed by atoms with Gasteiger partial charge in [0, 0.05) is 61.0 Å². The Balaban J connectivity index is 0.886. The van der Waals surface area contributed by atoms with Gasteiger partial charge in [0.1, 0.15) is 29.1 Å². The Labute approximate surface area is 339 Å². The van der Waals surface area contributed by atoms with Gasteiger partial charge in [-0.15, -0.1) is 21.5 Å². The molecular weight excluding hydrogens is 760 g/mol. The number of hydrogen-bond acceptors (Lipinski definition) is 10. The second-order valence-electron chi connectivity index (χ2n) is 14.7. The number of amides is 3. The number of rotatable bonds is 9. The monoisotopic (exact) mass is 798 g/mol.